The molecule has 2 amide bonds. The molecule has 34 heavy (non-hydrogen) atoms. The fourth-order valence-electron chi connectivity index (χ4n) is 3.32. The van der Waals surface area contributed by atoms with Crippen molar-refractivity contribution in [1.82, 2.24) is 14.5 Å². The minimum Gasteiger partial charge on any atom is -0.497 e. The first-order valence-electron chi connectivity index (χ1n) is 10.2. The maximum absolute atomic E-state index is 12.4. The Hall–Kier alpha value is -3.83. The second kappa shape index (κ2) is 9.20. The number of rotatable bonds is 6. The maximum Gasteiger partial charge on any atom is 0.323 e. The predicted molar refractivity (Wildman–Crippen MR) is 133 cm³/mol. The molecule has 0 atom stereocenters. The summed E-state index contributed by atoms with van der Waals surface area (Å²) in [6.45, 7) is 1.77. The van der Waals surface area contributed by atoms with Gasteiger partial charge in [0.2, 0.25) is 0 Å². The van der Waals surface area contributed by atoms with Gasteiger partial charge in [0.25, 0.3) is 5.56 Å². The monoisotopic (exact) mass is 493 g/mol. The number of amides is 2. The van der Waals surface area contributed by atoms with Gasteiger partial charge < -0.3 is 19.9 Å². The third-order valence-corrected chi connectivity index (χ3v) is 7.02. The number of ether oxygens (including phenoxy) is 1. The number of thiazole rings is 1. The Morgan fingerprint density at radius 1 is 1.12 bits per heavy atom. The molecule has 2 N–H and O–H groups in total. The molecule has 2 aromatic carbocycles. The van der Waals surface area contributed by atoms with Gasteiger partial charge in [-0.15, -0.1) is 15.9 Å². The van der Waals surface area contributed by atoms with Crippen molar-refractivity contribution in [3.63, 3.8) is 0 Å². The molecule has 5 rings (SSSR count). The van der Waals surface area contributed by atoms with Crippen molar-refractivity contribution in [2.45, 2.75) is 17.0 Å². The number of nitrogens with zero attached hydrogens (tertiary/aromatic N) is 3. The number of hydrogen-bond donors (Lipinski definition) is 2. The number of hydrogen-bond acceptors (Lipinski definition) is 8. The fraction of sp³-hybridized carbons (Fsp3) is 0.130. The summed E-state index contributed by atoms with van der Waals surface area (Å²) in [7, 11) is 1.57. The Balaban J connectivity index is 1.26. The molecule has 9 nitrogen and oxygen atoms in total. The summed E-state index contributed by atoms with van der Waals surface area (Å²) in [5, 5.41) is 5.63. The summed E-state index contributed by atoms with van der Waals surface area (Å²) in [5.74, 6) is 1.79. The molecule has 0 unspecified atom stereocenters. The average molecular weight is 494 g/mol. The highest BCUT2D eigenvalue weighted by Gasteiger charge is 2.11. The van der Waals surface area contributed by atoms with Crippen molar-refractivity contribution in [2.75, 3.05) is 17.7 Å². The van der Waals surface area contributed by atoms with E-state index in [1.54, 1.807) is 44.4 Å². The van der Waals surface area contributed by atoms with Crippen LogP contribution in [0.4, 0.5) is 16.2 Å². The summed E-state index contributed by atoms with van der Waals surface area (Å²) >= 11 is 3.02. The molecule has 0 aliphatic carbocycles. The second-order valence-electron chi connectivity index (χ2n) is 7.35. The lowest BCUT2D eigenvalue weighted by atomic mass is 10.3. The Morgan fingerprint density at radius 2 is 1.94 bits per heavy atom. The van der Waals surface area contributed by atoms with Gasteiger partial charge in [-0.3, -0.25) is 4.79 Å². The number of carbonyl (C=O) groups is 1. The SMILES string of the molecule is COc1cccc(NC(=O)Nc2ccc3nc(SCc4cc(=O)n5oc(C)cc5n4)sc3c2)c1. The molecule has 3 heterocycles. The van der Waals surface area contributed by atoms with E-state index in [1.165, 1.54) is 33.7 Å². The molecule has 0 saturated heterocycles. The van der Waals surface area contributed by atoms with Crippen LogP contribution in [0, 0.1) is 6.92 Å². The highest BCUT2D eigenvalue weighted by Crippen LogP contribution is 2.32. The lowest BCUT2D eigenvalue weighted by molar-refractivity contribution is 0.262. The Bertz CT molecular complexity index is 1570. The second-order valence-corrected chi connectivity index (χ2v) is 9.60. The van der Waals surface area contributed by atoms with Crippen LogP contribution in [0.5, 0.6) is 5.75 Å². The summed E-state index contributed by atoms with van der Waals surface area (Å²) in [6, 6.07) is 15.5. The first-order valence-corrected chi connectivity index (χ1v) is 12.0. The van der Waals surface area contributed by atoms with E-state index >= 15 is 0 Å². The zero-order valence-electron chi connectivity index (χ0n) is 18.2. The molecule has 0 bridgehead atoms. The van der Waals surface area contributed by atoms with E-state index in [1.807, 2.05) is 18.2 Å². The van der Waals surface area contributed by atoms with Gasteiger partial charge >= 0.3 is 6.03 Å². The molecule has 172 valence electrons. The lowest BCUT2D eigenvalue weighted by Gasteiger charge is -2.08. The number of aryl methyl sites for hydroxylation is 1. The minimum absolute atomic E-state index is 0.249. The number of methoxy groups -OCH3 is 1. The molecule has 0 radical (unpaired) electrons. The molecular weight excluding hydrogens is 474 g/mol. The van der Waals surface area contributed by atoms with E-state index in [0.29, 0.717) is 40.0 Å². The zero-order valence-corrected chi connectivity index (χ0v) is 19.8. The zero-order chi connectivity index (χ0) is 23.7. The van der Waals surface area contributed by atoms with Crippen molar-refractivity contribution in [3.8, 4) is 5.75 Å². The van der Waals surface area contributed by atoms with Gasteiger partial charge in [0.05, 0.1) is 23.0 Å². The standard InChI is InChI=1S/C23H19N5O4S2/c1-13-8-20-24-16(11-21(29)28(20)32-13)12-33-23-27-18-7-6-15(10-19(18)34-23)26-22(30)25-14-4-3-5-17(9-14)31-2/h3-11H,12H2,1-2H3,(H2,25,26,30). The highest BCUT2D eigenvalue weighted by atomic mass is 32.2. The van der Waals surface area contributed by atoms with Gasteiger partial charge in [0.15, 0.2) is 9.99 Å². The van der Waals surface area contributed by atoms with Gasteiger partial charge in [0.1, 0.15) is 11.5 Å². The van der Waals surface area contributed by atoms with Crippen LogP contribution in [0.3, 0.4) is 0 Å². The Kier molecular flexibility index (Phi) is 5.95. The number of fused-ring (bicyclic) bond motifs is 2. The molecule has 0 fully saturated rings. The number of carbonyl (C=O) groups excluding carboxylic acids is 1. The summed E-state index contributed by atoms with van der Waals surface area (Å²) in [6.07, 6.45) is 0. The average Bonchev–Trinajstić information content (AvgIpc) is 3.40. The smallest absolute Gasteiger partial charge is 0.323 e. The van der Waals surface area contributed by atoms with Crippen LogP contribution in [0.2, 0.25) is 0 Å². The first kappa shape index (κ1) is 22.0. The van der Waals surface area contributed by atoms with Crippen LogP contribution >= 0.6 is 23.1 Å². The molecule has 3 aromatic heterocycles. The van der Waals surface area contributed by atoms with Gasteiger partial charge in [-0.05, 0) is 37.3 Å². The van der Waals surface area contributed by atoms with Crippen molar-refractivity contribution in [2.24, 2.45) is 0 Å². The third-order valence-electron chi connectivity index (χ3n) is 4.82. The van der Waals surface area contributed by atoms with E-state index in [9.17, 15) is 9.59 Å². The largest absolute Gasteiger partial charge is 0.497 e. The molecule has 5 aromatic rings. The third kappa shape index (κ3) is 4.75. The van der Waals surface area contributed by atoms with Crippen LogP contribution in [-0.4, -0.2) is 27.7 Å². The van der Waals surface area contributed by atoms with E-state index in [4.69, 9.17) is 9.26 Å². The highest BCUT2D eigenvalue weighted by molar-refractivity contribution is 8.00. The van der Waals surface area contributed by atoms with Crippen LogP contribution in [0.15, 0.2) is 68.3 Å². The molecule has 11 heteroatoms. The van der Waals surface area contributed by atoms with Crippen LogP contribution in [-0.2, 0) is 5.75 Å². The van der Waals surface area contributed by atoms with E-state index in [-0.39, 0.29) is 11.6 Å². The summed E-state index contributed by atoms with van der Waals surface area (Å²) in [4.78, 5) is 33.7. The number of urea groups is 1. The number of anilines is 2. The van der Waals surface area contributed by atoms with Gasteiger partial charge in [-0.25, -0.2) is 14.8 Å². The molecule has 0 spiro atoms. The molecule has 0 aliphatic heterocycles. The summed E-state index contributed by atoms with van der Waals surface area (Å²) in [5.41, 5.74) is 3.02. The van der Waals surface area contributed by atoms with Crippen LogP contribution < -0.4 is 20.9 Å². The topological polar surface area (TPSA) is 111 Å². The number of benzene rings is 2. The number of aromatic nitrogens is 3. The quantitative estimate of drug-likeness (QED) is 0.315. The van der Waals surface area contributed by atoms with Gasteiger partial charge in [-0.2, -0.15) is 0 Å². The Labute approximate surface area is 201 Å². The van der Waals surface area contributed by atoms with Crippen molar-refractivity contribution < 1.29 is 14.1 Å². The predicted octanol–water partition coefficient (Wildman–Crippen LogP) is 5.15. The number of thioether (sulfide) groups is 1. The number of nitrogens with one attached hydrogen (secondary N) is 2. The molecular formula is C23H19N5O4S2. The van der Waals surface area contributed by atoms with Crippen molar-refractivity contribution in [1.29, 1.82) is 0 Å². The van der Waals surface area contributed by atoms with Crippen LogP contribution in [0.1, 0.15) is 11.5 Å². The molecule has 0 saturated carbocycles. The minimum atomic E-state index is -0.353. The van der Waals surface area contributed by atoms with Gasteiger partial charge in [0, 0.05) is 35.3 Å². The van der Waals surface area contributed by atoms with E-state index < -0.39 is 0 Å². The van der Waals surface area contributed by atoms with Crippen LogP contribution in [0.25, 0.3) is 15.9 Å². The lowest BCUT2D eigenvalue weighted by Crippen LogP contribution is -2.19. The molecule has 0 aliphatic rings. The van der Waals surface area contributed by atoms with Crippen molar-refractivity contribution in [3.05, 3.63) is 76.4 Å². The van der Waals surface area contributed by atoms with Crippen molar-refractivity contribution >= 4 is 56.4 Å². The van der Waals surface area contributed by atoms with E-state index in [2.05, 4.69) is 20.6 Å². The summed E-state index contributed by atoms with van der Waals surface area (Å²) < 4.78 is 13.5. The first-order chi connectivity index (χ1) is 16.5. The van der Waals surface area contributed by atoms with Gasteiger partial charge in [-0.1, -0.05) is 17.8 Å². The maximum atomic E-state index is 12.4. The Morgan fingerprint density at radius 3 is 2.76 bits per heavy atom. The fourth-order valence-corrected chi connectivity index (χ4v) is 5.32. The van der Waals surface area contributed by atoms with E-state index in [0.717, 1.165) is 14.6 Å². The normalized spacial score (nSPS) is 11.1.